The number of halogens is 3. The van der Waals surface area contributed by atoms with E-state index in [0.717, 1.165) is 28.0 Å². The Morgan fingerprint density at radius 1 is 1.09 bits per heavy atom. The van der Waals surface area contributed by atoms with Crippen molar-refractivity contribution in [1.82, 2.24) is 15.1 Å². The highest BCUT2D eigenvalue weighted by molar-refractivity contribution is 5.99. The van der Waals surface area contributed by atoms with Crippen LogP contribution in [0.2, 0.25) is 0 Å². The number of hydrogen-bond donors (Lipinski definition) is 2. The molecule has 0 bridgehead atoms. The molecule has 2 aromatic rings. The average molecular weight is 491 g/mol. The number of benzene rings is 2. The van der Waals surface area contributed by atoms with Crippen molar-refractivity contribution in [2.24, 2.45) is 0 Å². The van der Waals surface area contributed by atoms with Crippen LogP contribution in [0.25, 0.3) is 0 Å². The summed E-state index contributed by atoms with van der Waals surface area (Å²) in [6, 6.07) is 10.8. The van der Waals surface area contributed by atoms with Crippen molar-refractivity contribution in [3.8, 4) is 5.75 Å². The molecule has 35 heavy (non-hydrogen) atoms. The number of carboxylic acids is 1. The third-order valence-electron chi connectivity index (χ3n) is 5.79. The number of fused-ring (bicyclic) bond motifs is 1. The third kappa shape index (κ3) is 4.91. The van der Waals surface area contributed by atoms with Crippen molar-refractivity contribution >= 4 is 23.7 Å². The van der Waals surface area contributed by atoms with Gasteiger partial charge in [-0.3, -0.25) is 14.4 Å². The minimum absolute atomic E-state index is 0.0532. The average Bonchev–Trinajstić information content (AvgIpc) is 3.18. The van der Waals surface area contributed by atoms with E-state index in [1.54, 1.807) is 30.3 Å². The summed E-state index contributed by atoms with van der Waals surface area (Å²) in [7, 11) is 0. The van der Waals surface area contributed by atoms with Gasteiger partial charge >= 0.3 is 12.1 Å². The summed E-state index contributed by atoms with van der Waals surface area (Å²) in [5, 5.41) is 12.1. The minimum atomic E-state index is -4.59. The summed E-state index contributed by atoms with van der Waals surface area (Å²) in [6.07, 6.45) is -6.69. The number of amides is 3. The summed E-state index contributed by atoms with van der Waals surface area (Å²) in [4.78, 5) is 51.4. The van der Waals surface area contributed by atoms with E-state index in [-0.39, 0.29) is 18.7 Å². The van der Waals surface area contributed by atoms with Gasteiger partial charge in [-0.05, 0) is 23.8 Å². The first-order chi connectivity index (χ1) is 16.6. The Hall–Kier alpha value is -4.09. The van der Waals surface area contributed by atoms with Gasteiger partial charge in [0.2, 0.25) is 18.0 Å². The summed E-state index contributed by atoms with van der Waals surface area (Å²) in [5.74, 6) is -3.05. The van der Waals surface area contributed by atoms with E-state index >= 15 is 0 Å². The van der Waals surface area contributed by atoms with Crippen molar-refractivity contribution in [3.05, 3.63) is 65.7 Å². The summed E-state index contributed by atoms with van der Waals surface area (Å²) < 4.78 is 44.2. The number of nitrogens with zero attached hydrogens (tertiary/aromatic N) is 2. The zero-order chi connectivity index (χ0) is 25.3. The van der Waals surface area contributed by atoms with E-state index in [9.17, 15) is 37.5 Å². The molecule has 2 aromatic carbocycles. The van der Waals surface area contributed by atoms with Gasteiger partial charge in [0.1, 0.15) is 11.8 Å². The molecule has 4 rings (SSSR count). The van der Waals surface area contributed by atoms with Crippen molar-refractivity contribution in [2.45, 2.75) is 30.8 Å². The highest BCUT2D eigenvalue weighted by atomic mass is 19.4. The Bertz CT molecular complexity index is 1160. The van der Waals surface area contributed by atoms with E-state index in [4.69, 9.17) is 4.74 Å². The number of carbonyl (C=O) groups excluding carboxylic acids is 3. The number of ether oxygens (including phenoxy) is 1. The van der Waals surface area contributed by atoms with E-state index in [2.05, 4.69) is 5.32 Å². The monoisotopic (exact) mass is 491 g/mol. The maximum Gasteiger partial charge on any atom is 0.416 e. The van der Waals surface area contributed by atoms with Crippen LogP contribution in [0.3, 0.4) is 0 Å². The predicted molar refractivity (Wildman–Crippen MR) is 113 cm³/mol. The second-order valence-electron chi connectivity index (χ2n) is 8.09. The number of para-hydroxylation sites is 1. The van der Waals surface area contributed by atoms with Gasteiger partial charge < -0.3 is 25.0 Å². The minimum Gasteiger partial charge on any atom is -0.484 e. The normalized spacial score (nSPS) is 21.2. The van der Waals surface area contributed by atoms with Gasteiger partial charge in [0.15, 0.2) is 6.61 Å². The molecule has 0 radical (unpaired) electrons. The predicted octanol–water partition coefficient (Wildman–Crippen LogP) is 1.28. The highest BCUT2D eigenvalue weighted by Gasteiger charge is 2.60. The van der Waals surface area contributed by atoms with Crippen LogP contribution < -0.4 is 10.1 Å². The Kier molecular flexibility index (Phi) is 6.37. The number of alkyl halides is 3. The topological polar surface area (TPSA) is 116 Å². The number of aliphatic carboxylic acids is 1. The van der Waals surface area contributed by atoms with Gasteiger partial charge in [0.05, 0.1) is 18.0 Å². The fourth-order valence-corrected chi connectivity index (χ4v) is 4.18. The van der Waals surface area contributed by atoms with E-state index in [0.29, 0.717) is 5.75 Å². The molecule has 0 spiro atoms. The molecular weight excluding hydrogens is 471 g/mol. The molecule has 3 amide bonds. The SMILES string of the molecule is O=C(COc1ccccc1)N[C@H]1C(=O)N2C1CN(C(=O)Cc1cccc(C(F)(F)F)c1)C2C(=O)O. The zero-order valence-electron chi connectivity index (χ0n) is 18.1. The maximum atomic E-state index is 13.0. The Morgan fingerprint density at radius 2 is 1.80 bits per heavy atom. The third-order valence-corrected chi connectivity index (χ3v) is 5.79. The second-order valence-corrected chi connectivity index (χ2v) is 8.09. The molecule has 2 aliphatic heterocycles. The lowest BCUT2D eigenvalue weighted by Gasteiger charge is -2.43. The van der Waals surface area contributed by atoms with Gasteiger partial charge in [0.25, 0.3) is 5.91 Å². The quantitative estimate of drug-likeness (QED) is 0.564. The number of rotatable bonds is 7. The maximum absolute atomic E-state index is 13.0. The summed E-state index contributed by atoms with van der Waals surface area (Å²) in [6.45, 7) is -0.563. The smallest absolute Gasteiger partial charge is 0.416 e. The van der Waals surface area contributed by atoms with E-state index in [1.165, 1.54) is 6.07 Å². The molecule has 12 heteroatoms. The molecule has 2 N–H and O–H groups in total. The molecule has 184 valence electrons. The van der Waals surface area contributed by atoms with E-state index < -0.39 is 60.1 Å². The molecule has 0 saturated carbocycles. The molecule has 0 aromatic heterocycles. The lowest BCUT2D eigenvalue weighted by atomic mass is 9.96. The van der Waals surface area contributed by atoms with Crippen LogP contribution in [-0.2, 0) is 31.8 Å². The lowest BCUT2D eigenvalue weighted by molar-refractivity contribution is -0.166. The first kappa shape index (κ1) is 24.0. The van der Waals surface area contributed by atoms with Crippen LogP contribution in [0.5, 0.6) is 5.75 Å². The first-order valence-corrected chi connectivity index (χ1v) is 10.5. The van der Waals surface area contributed by atoms with Crippen molar-refractivity contribution in [3.63, 3.8) is 0 Å². The molecule has 0 aliphatic carbocycles. The molecule has 2 fully saturated rings. The van der Waals surface area contributed by atoms with Crippen LogP contribution in [0.4, 0.5) is 13.2 Å². The van der Waals surface area contributed by atoms with Gasteiger partial charge in [-0.25, -0.2) is 4.79 Å². The van der Waals surface area contributed by atoms with E-state index in [1.807, 2.05) is 0 Å². The Balaban J connectivity index is 1.41. The molecule has 2 unspecified atom stereocenters. The fourth-order valence-electron chi connectivity index (χ4n) is 4.18. The van der Waals surface area contributed by atoms with Crippen LogP contribution >= 0.6 is 0 Å². The second kappa shape index (κ2) is 9.28. The number of β-lactam (4-membered cyclic amide) rings is 1. The van der Waals surface area contributed by atoms with Crippen LogP contribution in [0.1, 0.15) is 11.1 Å². The van der Waals surface area contributed by atoms with Gasteiger partial charge in [-0.1, -0.05) is 36.4 Å². The molecule has 2 heterocycles. The zero-order valence-corrected chi connectivity index (χ0v) is 18.1. The molecule has 2 aliphatic rings. The lowest BCUT2D eigenvalue weighted by Crippen LogP contribution is -2.71. The number of nitrogens with one attached hydrogen (secondary N) is 1. The van der Waals surface area contributed by atoms with Gasteiger partial charge in [0, 0.05) is 6.54 Å². The highest BCUT2D eigenvalue weighted by Crippen LogP contribution is 2.34. The van der Waals surface area contributed by atoms with Gasteiger partial charge in [-0.15, -0.1) is 0 Å². The number of carboxylic acid groups (broad SMARTS) is 1. The van der Waals surface area contributed by atoms with Gasteiger partial charge in [-0.2, -0.15) is 13.2 Å². The Morgan fingerprint density at radius 3 is 2.46 bits per heavy atom. The first-order valence-electron chi connectivity index (χ1n) is 10.5. The van der Waals surface area contributed by atoms with Crippen LogP contribution in [-0.4, -0.2) is 70.0 Å². The summed E-state index contributed by atoms with van der Waals surface area (Å²) >= 11 is 0. The molecule has 2 saturated heterocycles. The van der Waals surface area contributed by atoms with Crippen molar-refractivity contribution < 1.29 is 42.2 Å². The summed E-state index contributed by atoms with van der Waals surface area (Å²) in [5.41, 5.74) is -0.879. The number of hydrogen-bond acceptors (Lipinski definition) is 5. The molecule has 9 nitrogen and oxygen atoms in total. The molecule has 3 atom stereocenters. The van der Waals surface area contributed by atoms with Crippen LogP contribution in [0, 0.1) is 0 Å². The largest absolute Gasteiger partial charge is 0.484 e. The van der Waals surface area contributed by atoms with Crippen molar-refractivity contribution in [2.75, 3.05) is 13.2 Å². The van der Waals surface area contributed by atoms with Crippen LogP contribution in [0.15, 0.2) is 54.6 Å². The standard InChI is InChI=1S/C23H20F3N3O6/c24-23(25,26)14-6-4-5-13(9-14)10-18(31)28-11-16-19(21(32)29(16)20(28)22(33)34)27-17(30)12-35-15-7-2-1-3-8-15/h1-9,16,19-20H,10-12H2,(H,27,30)(H,33,34)/t16?,19-,20?/m1/s1. The Labute approximate surface area is 197 Å². The van der Waals surface area contributed by atoms with Crippen molar-refractivity contribution in [1.29, 1.82) is 0 Å². The number of carbonyl (C=O) groups is 4. The fraction of sp³-hybridized carbons (Fsp3) is 0.304. The molecular formula is C23H20F3N3O6.